The molecular formula is C13H17NOS. The molecule has 1 amide bonds. The molecule has 0 aliphatic rings. The normalized spacial score (nSPS) is 11.9. The highest BCUT2D eigenvalue weighted by molar-refractivity contribution is 7.81. The fourth-order valence-electron chi connectivity index (χ4n) is 1.29. The van der Waals surface area contributed by atoms with Crippen LogP contribution in [-0.4, -0.2) is 17.7 Å². The van der Waals surface area contributed by atoms with Crippen LogP contribution < -0.4 is 5.32 Å². The van der Waals surface area contributed by atoms with Gasteiger partial charge in [-0.3, -0.25) is 4.79 Å². The molecule has 0 saturated heterocycles. The van der Waals surface area contributed by atoms with Crippen LogP contribution in [0.15, 0.2) is 42.5 Å². The first-order valence-electron chi connectivity index (χ1n) is 5.23. The van der Waals surface area contributed by atoms with Gasteiger partial charge in [0, 0.05) is 6.54 Å². The summed E-state index contributed by atoms with van der Waals surface area (Å²) in [7, 11) is 0. The van der Waals surface area contributed by atoms with E-state index in [0.717, 1.165) is 11.1 Å². The van der Waals surface area contributed by atoms with E-state index >= 15 is 0 Å². The lowest BCUT2D eigenvalue weighted by Gasteiger charge is -2.11. The van der Waals surface area contributed by atoms with Gasteiger partial charge < -0.3 is 5.32 Å². The molecule has 1 atom stereocenters. The minimum atomic E-state index is -0.304. The zero-order chi connectivity index (χ0) is 12.0. The second kappa shape index (κ2) is 6.38. The van der Waals surface area contributed by atoms with Crippen molar-refractivity contribution in [2.75, 3.05) is 6.54 Å². The molecular weight excluding hydrogens is 218 g/mol. The van der Waals surface area contributed by atoms with Crippen molar-refractivity contribution < 1.29 is 4.79 Å². The minimum absolute atomic E-state index is 0.0461. The van der Waals surface area contributed by atoms with E-state index in [9.17, 15) is 4.79 Å². The number of benzene rings is 1. The molecule has 2 nitrogen and oxygen atoms in total. The average molecular weight is 235 g/mol. The fourth-order valence-corrected chi connectivity index (χ4v) is 1.59. The maximum Gasteiger partial charge on any atom is 0.233 e. The van der Waals surface area contributed by atoms with Crippen molar-refractivity contribution >= 4 is 18.5 Å². The van der Waals surface area contributed by atoms with Crippen molar-refractivity contribution in [1.82, 2.24) is 5.32 Å². The predicted molar refractivity (Wildman–Crippen MR) is 70.7 cm³/mol. The molecule has 3 heteroatoms. The van der Waals surface area contributed by atoms with E-state index in [-0.39, 0.29) is 11.2 Å². The van der Waals surface area contributed by atoms with E-state index in [0.29, 0.717) is 13.0 Å². The lowest BCUT2D eigenvalue weighted by molar-refractivity contribution is -0.120. The van der Waals surface area contributed by atoms with Gasteiger partial charge in [0.2, 0.25) is 5.91 Å². The van der Waals surface area contributed by atoms with E-state index < -0.39 is 0 Å². The third kappa shape index (κ3) is 4.53. The first kappa shape index (κ1) is 12.8. The predicted octanol–water partition coefficient (Wildman–Crippen LogP) is 2.22. The summed E-state index contributed by atoms with van der Waals surface area (Å²) in [5.74, 6) is -0.0461. The Morgan fingerprint density at radius 2 is 2.06 bits per heavy atom. The van der Waals surface area contributed by atoms with Crippen LogP contribution in [0.25, 0.3) is 0 Å². The van der Waals surface area contributed by atoms with Gasteiger partial charge in [0.15, 0.2) is 0 Å². The smallest absolute Gasteiger partial charge is 0.233 e. The lowest BCUT2D eigenvalue weighted by Crippen LogP contribution is -2.33. The van der Waals surface area contributed by atoms with Crippen molar-refractivity contribution in [2.45, 2.75) is 18.6 Å². The third-order valence-electron chi connectivity index (χ3n) is 2.14. The van der Waals surface area contributed by atoms with Crippen molar-refractivity contribution in [2.24, 2.45) is 0 Å². The highest BCUT2D eigenvalue weighted by atomic mass is 32.1. The van der Waals surface area contributed by atoms with E-state index in [1.807, 2.05) is 37.3 Å². The number of nitrogens with one attached hydrogen (secondary N) is 1. The van der Waals surface area contributed by atoms with E-state index in [2.05, 4.69) is 24.5 Å². The van der Waals surface area contributed by atoms with Gasteiger partial charge in [-0.25, -0.2) is 0 Å². The number of amides is 1. The second-order valence-electron chi connectivity index (χ2n) is 3.88. The average Bonchev–Trinajstić information content (AvgIpc) is 2.27. The first-order valence-corrected chi connectivity index (χ1v) is 5.75. The summed E-state index contributed by atoms with van der Waals surface area (Å²) in [6.07, 6.45) is 0.645. The van der Waals surface area contributed by atoms with Crippen molar-refractivity contribution in [3.63, 3.8) is 0 Å². The largest absolute Gasteiger partial charge is 0.351 e. The van der Waals surface area contributed by atoms with Crippen LogP contribution in [0.5, 0.6) is 0 Å². The van der Waals surface area contributed by atoms with Crippen molar-refractivity contribution in [3.05, 3.63) is 48.0 Å². The highest BCUT2D eigenvalue weighted by Gasteiger charge is 2.13. The molecule has 0 spiro atoms. The zero-order valence-corrected chi connectivity index (χ0v) is 10.3. The summed E-state index contributed by atoms with van der Waals surface area (Å²) in [5.41, 5.74) is 2.06. The van der Waals surface area contributed by atoms with Crippen LogP contribution >= 0.6 is 12.6 Å². The topological polar surface area (TPSA) is 29.1 Å². The quantitative estimate of drug-likeness (QED) is 0.594. The Bertz CT molecular complexity index is 361. The molecule has 0 aliphatic heterocycles. The summed E-state index contributed by atoms with van der Waals surface area (Å²) in [5, 5.41) is 2.48. The Morgan fingerprint density at radius 1 is 1.44 bits per heavy atom. The minimum Gasteiger partial charge on any atom is -0.351 e. The number of hydrogen-bond acceptors (Lipinski definition) is 2. The van der Waals surface area contributed by atoms with Gasteiger partial charge in [-0.1, -0.05) is 42.5 Å². The van der Waals surface area contributed by atoms with Gasteiger partial charge in [-0.15, -0.1) is 0 Å². The SMILES string of the molecule is C=C(C)CNC(=O)C(S)Cc1ccccc1. The number of carbonyl (C=O) groups excluding carboxylic acids is 1. The van der Waals surface area contributed by atoms with Crippen LogP contribution in [0.1, 0.15) is 12.5 Å². The van der Waals surface area contributed by atoms with Crippen LogP contribution in [0.3, 0.4) is 0 Å². The summed E-state index contributed by atoms with van der Waals surface area (Å²) in [6, 6.07) is 9.87. The molecule has 0 aromatic heterocycles. The van der Waals surface area contributed by atoms with E-state index in [1.165, 1.54) is 0 Å². The number of rotatable bonds is 5. The monoisotopic (exact) mass is 235 g/mol. The molecule has 1 aromatic carbocycles. The van der Waals surface area contributed by atoms with Gasteiger partial charge >= 0.3 is 0 Å². The van der Waals surface area contributed by atoms with Crippen LogP contribution in [0.4, 0.5) is 0 Å². The zero-order valence-electron chi connectivity index (χ0n) is 9.44. The molecule has 0 aliphatic carbocycles. The second-order valence-corrected chi connectivity index (χ2v) is 4.50. The maximum absolute atomic E-state index is 11.6. The molecule has 0 saturated carbocycles. The Morgan fingerprint density at radius 3 is 2.62 bits per heavy atom. The molecule has 0 heterocycles. The molecule has 16 heavy (non-hydrogen) atoms. The summed E-state index contributed by atoms with van der Waals surface area (Å²) >= 11 is 4.30. The molecule has 0 bridgehead atoms. The van der Waals surface area contributed by atoms with Gasteiger partial charge in [0.25, 0.3) is 0 Å². The molecule has 1 unspecified atom stereocenters. The number of thiol groups is 1. The van der Waals surface area contributed by atoms with Gasteiger partial charge in [-0.2, -0.15) is 12.6 Å². The first-order chi connectivity index (χ1) is 7.59. The number of carbonyl (C=O) groups is 1. The maximum atomic E-state index is 11.6. The Labute approximate surface area is 102 Å². The van der Waals surface area contributed by atoms with Crippen molar-refractivity contribution in [1.29, 1.82) is 0 Å². The molecule has 86 valence electrons. The molecule has 1 aromatic rings. The third-order valence-corrected chi connectivity index (χ3v) is 2.56. The van der Waals surface area contributed by atoms with Crippen LogP contribution in [0, 0.1) is 0 Å². The van der Waals surface area contributed by atoms with E-state index in [4.69, 9.17) is 0 Å². The summed E-state index contributed by atoms with van der Waals surface area (Å²) < 4.78 is 0. The Hall–Kier alpha value is -1.22. The summed E-state index contributed by atoms with van der Waals surface area (Å²) in [6.45, 7) is 6.13. The van der Waals surface area contributed by atoms with Gasteiger partial charge in [0.1, 0.15) is 0 Å². The molecule has 1 rings (SSSR count). The van der Waals surface area contributed by atoms with Gasteiger partial charge in [0.05, 0.1) is 5.25 Å². The summed E-state index contributed by atoms with van der Waals surface area (Å²) in [4.78, 5) is 11.6. The lowest BCUT2D eigenvalue weighted by atomic mass is 10.1. The standard InChI is InChI=1S/C13H17NOS/c1-10(2)9-14-13(15)12(16)8-11-6-4-3-5-7-11/h3-7,12,16H,1,8-9H2,2H3,(H,14,15). The Kier molecular flexibility index (Phi) is 5.12. The molecule has 0 fully saturated rings. The van der Waals surface area contributed by atoms with Crippen molar-refractivity contribution in [3.8, 4) is 0 Å². The molecule has 0 radical (unpaired) electrons. The highest BCUT2D eigenvalue weighted by Crippen LogP contribution is 2.07. The van der Waals surface area contributed by atoms with Crippen LogP contribution in [0.2, 0.25) is 0 Å². The van der Waals surface area contributed by atoms with Crippen LogP contribution in [-0.2, 0) is 11.2 Å². The van der Waals surface area contributed by atoms with E-state index in [1.54, 1.807) is 0 Å². The Balaban J connectivity index is 2.43. The van der Waals surface area contributed by atoms with Gasteiger partial charge in [-0.05, 0) is 18.9 Å². The fraction of sp³-hybridized carbons (Fsp3) is 0.308. The number of hydrogen-bond donors (Lipinski definition) is 2. The molecule has 1 N–H and O–H groups in total.